The van der Waals surface area contributed by atoms with Crippen LogP contribution in [0, 0.1) is 0 Å². The monoisotopic (exact) mass is 705 g/mol. The standard InChI is InChI=1S/C32H33Br2N7O2/c33-27-15-23-19-36-11-9-35-10-12-37-20-24-16-28(34)18-26(32(24)43)22-41(30-6-2-4-8-39-30)14-13-40(21-25(17-27)31(23)42)29-5-1-3-7-38-29/h1-8,15-20,35,42-43H,9-14,21-22H2. The van der Waals surface area contributed by atoms with Gasteiger partial charge in [0, 0.05) is 95.3 Å². The van der Waals surface area contributed by atoms with E-state index >= 15 is 0 Å². The fraction of sp³-hybridized carbons (Fsp3) is 0.250. The van der Waals surface area contributed by atoms with Crippen molar-refractivity contribution in [2.75, 3.05) is 49.1 Å². The lowest BCUT2D eigenvalue weighted by atomic mass is 10.1. The second kappa shape index (κ2) is 15.1. The maximum absolute atomic E-state index is 11.3. The van der Waals surface area contributed by atoms with Gasteiger partial charge >= 0.3 is 0 Å². The van der Waals surface area contributed by atoms with E-state index in [1.165, 1.54) is 0 Å². The Balaban J connectivity index is 1.53. The predicted octanol–water partition coefficient (Wildman–Crippen LogP) is 5.57. The molecule has 0 radical (unpaired) electrons. The van der Waals surface area contributed by atoms with Crippen molar-refractivity contribution in [1.29, 1.82) is 0 Å². The fourth-order valence-corrected chi connectivity index (χ4v) is 5.86. The molecular weight excluding hydrogens is 674 g/mol. The van der Waals surface area contributed by atoms with Gasteiger partial charge in [0.05, 0.1) is 13.1 Å². The van der Waals surface area contributed by atoms with Crippen LogP contribution in [0.1, 0.15) is 22.3 Å². The Morgan fingerprint density at radius 2 is 1.12 bits per heavy atom. The van der Waals surface area contributed by atoms with Crippen LogP contribution in [0.2, 0.25) is 0 Å². The number of anilines is 2. The van der Waals surface area contributed by atoms with E-state index < -0.39 is 0 Å². The molecule has 5 rings (SSSR count). The molecule has 1 aliphatic rings. The first kappa shape index (κ1) is 30.7. The van der Waals surface area contributed by atoms with Crippen LogP contribution < -0.4 is 15.1 Å². The molecule has 4 aromatic rings. The number of fused-ring (bicyclic) bond motifs is 4. The average molecular weight is 707 g/mol. The smallest absolute Gasteiger partial charge is 0.129 e. The fourth-order valence-electron chi connectivity index (χ4n) is 4.82. The molecule has 0 aliphatic carbocycles. The molecule has 0 spiro atoms. The number of aromatic hydroxyl groups is 2. The van der Waals surface area contributed by atoms with Gasteiger partial charge < -0.3 is 25.3 Å². The average Bonchev–Trinajstić information content (AvgIpc) is 3.01. The van der Waals surface area contributed by atoms with Crippen LogP contribution in [-0.2, 0) is 13.1 Å². The van der Waals surface area contributed by atoms with Gasteiger partial charge in [0.1, 0.15) is 23.1 Å². The van der Waals surface area contributed by atoms with Crippen LogP contribution in [0.4, 0.5) is 11.6 Å². The van der Waals surface area contributed by atoms with Gasteiger partial charge in [0.25, 0.3) is 0 Å². The second-order valence-corrected chi connectivity index (χ2v) is 11.9. The number of rotatable bonds is 2. The van der Waals surface area contributed by atoms with E-state index in [0.29, 0.717) is 63.5 Å². The lowest BCUT2D eigenvalue weighted by Gasteiger charge is -2.30. The van der Waals surface area contributed by atoms with Crippen molar-refractivity contribution < 1.29 is 10.2 Å². The normalized spacial score (nSPS) is 15.2. The molecule has 2 aromatic carbocycles. The summed E-state index contributed by atoms with van der Waals surface area (Å²) in [5.74, 6) is 1.95. The van der Waals surface area contributed by atoms with E-state index in [2.05, 4.69) is 66.9 Å². The number of phenolic OH excluding ortho intramolecular Hbond substituents is 2. The van der Waals surface area contributed by atoms with Crippen molar-refractivity contribution >= 4 is 55.9 Å². The molecule has 9 nitrogen and oxygen atoms in total. The van der Waals surface area contributed by atoms with Crippen LogP contribution in [0.15, 0.2) is 92.0 Å². The molecule has 0 unspecified atom stereocenters. The maximum Gasteiger partial charge on any atom is 0.129 e. The summed E-state index contributed by atoms with van der Waals surface area (Å²) in [5.41, 5.74) is 2.80. The molecule has 3 heterocycles. The van der Waals surface area contributed by atoms with Gasteiger partial charge in [-0.15, -0.1) is 0 Å². The molecule has 0 saturated heterocycles. The van der Waals surface area contributed by atoms with Crippen molar-refractivity contribution in [1.82, 2.24) is 15.3 Å². The molecule has 1 aliphatic heterocycles. The molecule has 11 heteroatoms. The quantitative estimate of drug-likeness (QED) is 0.250. The van der Waals surface area contributed by atoms with Gasteiger partial charge in [-0.3, -0.25) is 9.98 Å². The highest BCUT2D eigenvalue weighted by Gasteiger charge is 2.19. The summed E-state index contributed by atoms with van der Waals surface area (Å²) < 4.78 is 1.71. The largest absolute Gasteiger partial charge is 0.507 e. The van der Waals surface area contributed by atoms with Crippen LogP contribution in [0.3, 0.4) is 0 Å². The highest BCUT2D eigenvalue weighted by molar-refractivity contribution is 9.10. The van der Waals surface area contributed by atoms with Crippen molar-refractivity contribution in [2.24, 2.45) is 9.98 Å². The van der Waals surface area contributed by atoms with Gasteiger partial charge in [0.2, 0.25) is 0 Å². The molecule has 0 fully saturated rings. The number of hydrogen-bond donors (Lipinski definition) is 3. The maximum atomic E-state index is 11.3. The Morgan fingerprint density at radius 3 is 1.53 bits per heavy atom. The summed E-state index contributed by atoms with van der Waals surface area (Å²) in [4.78, 5) is 22.6. The van der Waals surface area contributed by atoms with Gasteiger partial charge in [-0.1, -0.05) is 44.0 Å². The summed E-state index contributed by atoms with van der Waals surface area (Å²) >= 11 is 7.23. The molecule has 43 heavy (non-hydrogen) atoms. The van der Waals surface area contributed by atoms with Crippen molar-refractivity contribution in [3.8, 4) is 11.5 Å². The molecule has 0 atom stereocenters. The van der Waals surface area contributed by atoms with E-state index in [1.54, 1.807) is 24.8 Å². The SMILES string of the molecule is Oc1c2cc(Br)cc1CN(c1ccccn1)CCN(c1ccccn1)Cc1cc(Br)cc(c1O)C=NCCNCCN=C2. The minimum Gasteiger partial charge on any atom is -0.507 e. The van der Waals surface area contributed by atoms with E-state index in [1.807, 2.05) is 60.7 Å². The number of benzene rings is 2. The van der Waals surface area contributed by atoms with Gasteiger partial charge in [-0.2, -0.15) is 0 Å². The zero-order valence-electron chi connectivity index (χ0n) is 23.6. The number of aliphatic imine (C=N–C) groups is 2. The first-order valence-electron chi connectivity index (χ1n) is 14.0. The first-order chi connectivity index (χ1) is 21.0. The topological polar surface area (TPSA) is 109 Å². The lowest BCUT2D eigenvalue weighted by Crippen LogP contribution is -2.35. The van der Waals surface area contributed by atoms with E-state index in [9.17, 15) is 10.2 Å². The van der Waals surface area contributed by atoms with Crippen molar-refractivity contribution in [3.63, 3.8) is 0 Å². The molecule has 2 aromatic heterocycles. The molecular formula is C32H33Br2N7O2. The summed E-state index contributed by atoms with van der Waals surface area (Å²) in [6.45, 7) is 4.45. The van der Waals surface area contributed by atoms with Crippen LogP contribution in [0.25, 0.3) is 0 Å². The molecule has 0 amide bonds. The Hall–Kier alpha value is -3.80. The number of phenols is 2. The Morgan fingerprint density at radius 1 is 0.651 bits per heavy atom. The minimum atomic E-state index is 0.189. The summed E-state index contributed by atoms with van der Waals surface area (Å²) in [6.07, 6.45) is 6.96. The number of nitrogens with one attached hydrogen (secondary N) is 1. The third-order valence-electron chi connectivity index (χ3n) is 6.97. The van der Waals surface area contributed by atoms with Crippen molar-refractivity contribution in [3.05, 3.63) is 104 Å². The second-order valence-electron chi connectivity index (χ2n) is 10.0. The van der Waals surface area contributed by atoms with Crippen LogP contribution >= 0.6 is 31.9 Å². The van der Waals surface area contributed by atoms with E-state index in [4.69, 9.17) is 0 Å². The molecule has 0 saturated carbocycles. The van der Waals surface area contributed by atoms with Crippen molar-refractivity contribution in [2.45, 2.75) is 13.1 Å². The Bertz CT molecular complexity index is 1450. The molecule has 4 bridgehead atoms. The number of halogens is 2. The first-order valence-corrected chi connectivity index (χ1v) is 15.6. The van der Waals surface area contributed by atoms with Gasteiger partial charge in [0.15, 0.2) is 0 Å². The lowest BCUT2D eigenvalue weighted by molar-refractivity contribution is 0.464. The summed E-state index contributed by atoms with van der Waals surface area (Å²) in [5, 5.41) is 25.8. The molecule has 3 N–H and O–H groups in total. The summed E-state index contributed by atoms with van der Waals surface area (Å²) in [7, 11) is 0. The summed E-state index contributed by atoms with van der Waals surface area (Å²) in [6, 6.07) is 19.2. The predicted molar refractivity (Wildman–Crippen MR) is 180 cm³/mol. The molecule has 222 valence electrons. The minimum absolute atomic E-state index is 0.189. The van der Waals surface area contributed by atoms with Gasteiger partial charge in [-0.05, 0) is 48.5 Å². The number of hydrogen-bond acceptors (Lipinski definition) is 9. The van der Waals surface area contributed by atoms with Crippen LogP contribution in [0.5, 0.6) is 11.5 Å². The Kier molecular flexibility index (Phi) is 10.8. The third kappa shape index (κ3) is 8.40. The third-order valence-corrected chi connectivity index (χ3v) is 7.89. The van der Waals surface area contributed by atoms with Crippen LogP contribution in [-0.4, -0.2) is 71.9 Å². The Labute approximate surface area is 268 Å². The zero-order chi connectivity index (χ0) is 30.0. The van der Waals surface area contributed by atoms with Gasteiger partial charge in [-0.25, -0.2) is 9.97 Å². The highest BCUT2D eigenvalue weighted by atomic mass is 79.9. The number of aromatic nitrogens is 2. The van der Waals surface area contributed by atoms with E-state index in [-0.39, 0.29) is 11.5 Å². The number of nitrogens with zero attached hydrogens (tertiary/aromatic N) is 6. The van der Waals surface area contributed by atoms with E-state index in [0.717, 1.165) is 31.7 Å². The number of pyridine rings is 2. The zero-order valence-corrected chi connectivity index (χ0v) is 26.7. The highest BCUT2D eigenvalue weighted by Crippen LogP contribution is 2.31.